The van der Waals surface area contributed by atoms with E-state index >= 15 is 0 Å². The molecule has 0 atom stereocenters. The monoisotopic (exact) mass is 420 g/mol. The third kappa shape index (κ3) is 4.66. The number of aromatic nitrogens is 2. The van der Waals surface area contributed by atoms with Crippen LogP contribution in [0.4, 0.5) is 0 Å². The van der Waals surface area contributed by atoms with Crippen LogP contribution in [0.1, 0.15) is 15.9 Å². The number of phenols is 1. The molecule has 0 saturated heterocycles. The molecule has 4 aromatic rings. The molecule has 2 amide bonds. The van der Waals surface area contributed by atoms with Crippen LogP contribution in [-0.4, -0.2) is 39.6 Å². The molecule has 0 aliphatic rings. The minimum absolute atomic E-state index is 0.0935. The van der Waals surface area contributed by atoms with Gasteiger partial charge in [0, 0.05) is 24.5 Å². The van der Waals surface area contributed by atoms with Gasteiger partial charge in [-0.05, 0) is 54.4 Å². The van der Waals surface area contributed by atoms with Gasteiger partial charge in [0.1, 0.15) is 5.75 Å². The highest BCUT2D eigenvalue weighted by Crippen LogP contribution is 2.26. The Morgan fingerprint density at radius 1 is 1.03 bits per heavy atom. The number of benzene rings is 2. The first-order valence-electron chi connectivity index (χ1n) is 9.45. The SMILES string of the molecule is O=C(CNC(=O)c1ccc2nc(-n3cccc3)sc2c1)NCCc1ccc(O)cc1. The second-order valence-electron chi connectivity index (χ2n) is 6.72. The number of amides is 2. The molecular weight excluding hydrogens is 400 g/mol. The number of hydrogen-bond acceptors (Lipinski definition) is 5. The van der Waals surface area contributed by atoms with E-state index in [2.05, 4.69) is 15.6 Å². The van der Waals surface area contributed by atoms with Gasteiger partial charge < -0.3 is 20.3 Å². The van der Waals surface area contributed by atoms with Crippen LogP contribution in [0.15, 0.2) is 67.0 Å². The molecule has 4 rings (SSSR count). The van der Waals surface area contributed by atoms with Crippen molar-refractivity contribution in [1.29, 1.82) is 0 Å². The predicted molar refractivity (Wildman–Crippen MR) is 116 cm³/mol. The van der Waals surface area contributed by atoms with Crippen molar-refractivity contribution in [3.8, 4) is 10.9 Å². The standard InChI is InChI=1S/C22H20N4O3S/c27-17-6-3-15(4-7-17)9-10-23-20(28)14-24-21(29)16-5-8-18-19(13-16)30-22(25-18)26-11-1-2-12-26/h1-8,11-13,27H,9-10,14H2,(H,23,28)(H,24,29). The number of nitrogens with one attached hydrogen (secondary N) is 2. The highest BCUT2D eigenvalue weighted by Gasteiger charge is 2.11. The summed E-state index contributed by atoms with van der Waals surface area (Å²) in [4.78, 5) is 29.0. The van der Waals surface area contributed by atoms with Crippen LogP contribution in [-0.2, 0) is 11.2 Å². The number of hydrogen-bond donors (Lipinski definition) is 3. The Bertz CT molecular complexity index is 1170. The third-order valence-electron chi connectivity index (χ3n) is 4.55. The van der Waals surface area contributed by atoms with Crippen molar-refractivity contribution in [2.24, 2.45) is 0 Å². The summed E-state index contributed by atoms with van der Waals surface area (Å²) >= 11 is 1.50. The molecule has 2 aromatic carbocycles. The molecule has 0 saturated carbocycles. The predicted octanol–water partition coefficient (Wildman–Crippen LogP) is 2.88. The fraction of sp³-hybridized carbons (Fsp3) is 0.136. The van der Waals surface area contributed by atoms with E-state index in [0.29, 0.717) is 18.5 Å². The van der Waals surface area contributed by atoms with Crippen LogP contribution in [0.3, 0.4) is 0 Å². The zero-order valence-electron chi connectivity index (χ0n) is 16.0. The lowest BCUT2D eigenvalue weighted by Crippen LogP contribution is -2.37. The Kier molecular flexibility index (Phi) is 5.76. The summed E-state index contributed by atoms with van der Waals surface area (Å²) < 4.78 is 2.83. The Morgan fingerprint density at radius 2 is 1.80 bits per heavy atom. The topological polar surface area (TPSA) is 96.2 Å². The van der Waals surface area contributed by atoms with Gasteiger partial charge in [0.05, 0.1) is 16.8 Å². The minimum Gasteiger partial charge on any atom is -0.508 e. The second-order valence-corrected chi connectivity index (χ2v) is 7.73. The lowest BCUT2D eigenvalue weighted by Gasteiger charge is -2.07. The maximum Gasteiger partial charge on any atom is 0.251 e. The molecule has 152 valence electrons. The van der Waals surface area contributed by atoms with Crippen molar-refractivity contribution in [2.75, 3.05) is 13.1 Å². The van der Waals surface area contributed by atoms with E-state index in [1.165, 1.54) is 11.3 Å². The van der Waals surface area contributed by atoms with Gasteiger partial charge >= 0.3 is 0 Å². The highest BCUT2D eigenvalue weighted by molar-refractivity contribution is 7.20. The molecule has 0 spiro atoms. The molecule has 0 fully saturated rings. The van der Waals surface area contributed by atoms with Gasteiger partial charge in [0.25, 0.3) is 5.91 Å². The van der Waals surface area contributed by atoms with E-state index in [1.807, 2.05) is 35.2 Å². The van der Waals surface area contributed by atoms with E-state index in [-0.39, 0.29) is 24.1 Å². The number of carbonyl (C=O) groups excluding carboxylic acids is 2. The lowest BCUT2D eigenvalue weighted by molar-refractivity contribution is -0.120. The first-order valence-corrected chi connectivity index (χ1v) is 10.3. The molecule has 0 aliphatic heterocycles. The molecule has 3 N–H and O–H groups in total. The van der Waals surface area contributed by atoms with Crippen molar-refractivity contribution in [1.82, 2.24) is 20.2 Å². The summed E-state index contributed by atoms with van der Waals surface area (Å²) in [5.74, 6) is -0.347. The van der Waals surface area contributed by atoms with Crippen LogP contribution >= 0.6 is 11.3 Å². The van der Waals surface area contributed by atoms with E-state index in [4.69, 9.17) is 0 Å². The van der Waals surface area contributed by atoms with Crippen molar-refractivity contribution < 1.29 is 14.7 Å². The van der Waals surface area contributed by atoms with Crippen LogP contribution < -0.4 is 10.6 Å². The molecule has 0 bridgehead atoms. The van der Waals surface area contributed by atoms with Gasteiger partial charge in [-0.3, -0.25) is 9.59 Å². The summed E-state index contributed by atoms with van der Waals surface area (Å²) in [6.07, 6.45) is 4.49. The molecule has 7 nitrogen and oxygen atoms in total. The maximum absolute atomic E-state index is 12.4. The number of phenolic OH excluding ortho intramolecular Hbond substituents is 1. The van der Waals surface area contributed by atoms with E-state index < -0.39 is 0 Å². The summed E-state index contributed by atoms with van der Waals surface area (Å²) in [5.41, 5.74) is 2.32. The first-order chi connectivity index (χ1) is 14.6. The summed E-state index contributed by atoms with van der Waals surface area (Å²) in [6.45, 7) is 0.359. The average Bonchev–Trinajstić information content (AvgIpc) is 3.42. The third-order valence-corrected chi connectivity index (χ3v) is 5.58. The maximum atomic E-state index is 12.4. The van der Waals surface area contributed by atoms with E-state index in [1.54, 1.807) is 36.4 Å². The van der Waals surface area contributed by atoms with Gasteiger partial charge in [0.15, 0.2) is 5.13 Å². The molecule has 8 heteroatoms. The van der Waals surface area contributed by atoms with Crippen LogP contribution in [0.2, 0.25) is 0 Å². The summed E-state index contributed by atoms with van der Waals surface area (Å²) in [7, 11) is 0. The number of rotatable bonds is 7. The summed E-state index contributed by atoms with van der Waals surface area (Å²) in [5, 5.41) is 15.5. The lowest BCUT2D eigenvalue weighted by atomic mass is 10.1. The second kappa shape index (κ2) is 8.79. The smallest absolute Gasteiger partial charge is 0.251 e. The van der Waals surface area contributed by atoms with Crippen molar-refractivity contribution in [2.45, 2.75) is 6.42 Å². The Hall–Kier alpha value is -3.65. The molecule has 0 aliphatic carbocycles. The Balaban J connectivity index is 1.29. The van der Waals surface area contributed by atoms with Crippen LogP contribution in [0.25, 0.3) is 15.3 Å². The quantitative estimate of drug-likeness (QED) is 0.428. The fourth-order valence-corrected chi connectivity index (χ4v) is 3.93. The molecular formula is C22H20N4O3S. The minimum atomic E-state index is -0.304. The van der Waals surface area contributed by atoms with E-state index in [0.717, 1.165) is 20.9 Å². The highest BCUT2D eigenvalue weighted by atomic mass is 32.1. The number of fused-ring (bicyclic) bond motifs is 1. The summed E-state index contributed by atoms with van der Waals surface area (Å²) in [6, 6.07) is 16.0. The molecule has 2 heterocycles. The molecule has 0 unspecified atom stereocenters. The number of carbonyl (C=O) groups is 2. The van der Waals surface area contributed by atoms with Gasteiger partial charge in [-0.15, -0.1) is 0 Å². The first kappa shape index (κ1) is 19.7. The van der Waals surface area contributed by atoms with Gasteiger partial charge in [-0.1, -0.05) is 23.5 Å². The van der Waals surface area contributed by atoms with Gasteiger partial charge in [-0.25, -0.2) is 4.98 Å². The van der Waals surface area contributed by atoms with Crippen LogP contribution in [0, 0.1) is 0 Å². The Morgan fingerprint density at radius 3 is 2.57 bits per heavy atom. The normalized spacial score (nSPS) is 10.8. The molecule has 0 radical (unpaired) electrons. The van der Waals surface area contributed by atoms with Crippen molar-refractivity contribution >= 4 is 33.4 Å². The van der Waals surface area contributed by atoms with Gasteiger partial charge in [0.2, 0.25) is 5.91 Å². The largest absolute Gasteiger partial charge is 0.508 e. The fourth-order valence-electron chi connectivity index (χ4n) is 2.96. The number of thiazole rings is 1. The van der Waals surface area contributed by atoms with E-state index in [9.17, 15) is 14.7 Å². The molecule has 30 heavy (non-hydrogen) atoms. The molecule has 2 aromatic heterocycles. The number of aromatic hydroxyl groups is 1. The van der Waals surface area contributed by atoms with Crippen LogP contribution in [0.5, 0.6) is 5.75 Å². The average molecular weight is 420 g/mol. The Labute approximate surface area is 177 Å². The van der Waals surface area contributed by atoms with Gasteiger partial charge in [-0.2, -0.15) is 0 Å². The number of nitrogens with zero attached hydrogens (tertiary/aromatic N) is 2. The zero-order chi connectivity index (χ0) is 20.9. The zero-order valence-corrected chi connectivity index (χ0v) is 16.9. The van der Waals surface area contributed by atoms with Crippen molar-refractivity contribution in [3.05, 3.63) is 78.1 Å². The van der Waals surface area contributed by atoms with Crippen molar-refractivity contribution in [3.63, 3.8) is 0 Å².